The Hall–Kier alpha value is -3.42. The molecule has 2 aromatic rings. The van der Waals surface area contributed by atoms with Crippen molar-refractivity contribution < 1.29 is 23.5 Å². The van der Waals surface area contributed by atoms with Gasteiger partial charge in [-0.3, -0.25) is 14.4 Å². The second-order valence-electron chi connectivity index (χ2n) is 7.08. The average molecular weight is 413 g/mol. The Kier molecular flexibility index (Phi) is 6.66. The molecule has 8 heteroatoms. The molecule has 1 aliphatic rings. The maximum absolute atomic E-state index is 14.2. The Morgan fingerprint density at radius 1 is 1.20 bits per heavy atom. The van der Waals surface area contributed by atoms with Gasteiger partial charge in [0.1, 0.15) is 11.6 Å². The van der Waals surface area contributed by atoms with Crippen molar-refractivity contribution in [3.8, 4) is 5.75 Å². The maximum atomic E-state index is 14.2. The first kappa shape index (κ1) is 21.3. The van der Waals surface area contributed by atoms with Gasteiger partial charge in [-0.05, 0) is 55.8 Å². The van der Waals surface area contributed by atoms with Gasteiger partial charge in [0.25, 0.3) is 0 Å². The number of hydrogen-bond acceptors (Lipinski definition) is 4. The Morgan fingerprint density at radius 2 is 1.93 bits per heavy atom. The van der Waals surface area contributed by atoms with Crippen molar-refractivity contribution >= 4 is 29.1 Å². The van der Waals surface area contributed by atoms with Crippen LogP contribution in [0, 0.1) is 18.7 Å². The first-order chi connectivity index (χ1) is 14.4. The van der Waals surface area contributed by atoms with E-state index in [4.69, 9.17) is 4.74 Å². The summed E-state index contributed by atoms with van der Waals surface area (Å²) in [5.41, 5.74) is 1.49. The summed E-state index contributed by atoms with van der Waals surface area (Å²) in [6, 6.07) is 11.5. The third-order valence-corrected chi connectivity index (χ3v) is 4.76. The van der Waals surface area contributed by atoms with E-state index in [2.05, 4.69) is 10.6 Å². The Morgan fingerprint density at radius 3 is 2.60 bits per heavy atom. The minimum absolute atomic E-state index is 0.0281. The van der Waals surface area contributed by atoms with E-state index in [1.807, 2.05) is 6.92 Å². The third-order valence-electron chi connectivity index (χ3n) is 4.76. The average Bonchev–Trinajstić information content (AvgIpc) is 3.09. The highest BCUT2D eigenvalue weighted by Gasteiger charge is 2.36. The molecule has 2 aromatic carbocycles. The molecule has 3 rings (SSSR count). The highest BCUT2D eigenvalue weighted by Crippen LogP contribution is 2.28. The fourth-order valence-electron chi connectivity index (χ4n) is 3.26. The number of nitrogens with zero attached hydrogens (tertiary/aromatic N) is 1. The highest BCUT2D eigenvalue weighted by atomic mass is 19.1. The second-order valence-corrected chi connectivity index (χ2v) is 7.08. The van der Waals surface area contributed by atoms with Crippen LogP contribution in [0.5, 0.6) is 5.75 Å². The number of carbonyl (C=O) groups is 3. The van der Waals surface area contributed by atoms with Crippen LogP contribution in [-0.2, 0) is 14.4 Å². The molecule has 158 valence electrons. The summed E-state index contributed by atoms with van der Waals surface area (Å²) in [4.78, 5) is 38.0. The second kappa shape index (κ2) is 9.39. The van der Waals surface area contributed by atoms with Crippen LogP contribution in [0.4, 0.5) is 15.8 Å². The molecule has 30 heavy (non-hydrogen) atoms. The minimum Gasteiger partial charge on any atom is -0.494 e. The summed E-state index contributed by atoms with van der Waals surface area (Å²) < 4.78 is 19.5. The predicted molar refractivity (Wildman–Crippen MR) is 111 cm³/mol. The maximum Gasteiger partial charge on any atom is 0.243 e. The Bertz CT molecular complexity index is 946. The van der Waals surface area contributed by atoms with Crippen LogP contribution in [-0.4, -0.2) is 37.4 Å². The minimum atomic E-state index is -0.642. The van der Waals surface area contributed by atoms with Crippen LogP contribution >= 0.6 is 0 Å². The van der Waals surface area contributed by atoms with Gasteiger partial charge in [-0.2, -0.15) is 0 Å². The van der Waals surface area contributed by atoms with Gasteiger partial charge in [-0.15, -0.1) is 0 Å². The predicted octanol–water partition coefficient (Wildman–Crippen LogP) is 2.64. The first-order valence-corrected chi connectivity index (χ1v) is 9.74. The lowest BCUT2D eigenvalue weighted by molar-refractivity contribution is -0.127. The van der Waals surface area contributed by atoms with E-state index in [9.17, 15) is 18.8 Å². The molecule has 1 heterocycles. The van der Waals surface area contributed by atoms with E-state index in [1.54, 1.807) is 37.3 Å². The normalized spacial score (nSPS) is 15.8. The number of rotatable bonds is 7. The monoisotopic (exact) mass is 413 g/mol. The molecule has 1 atom stereocenters. The molecule has 1 unspecified atom stereocenters. The Labute approximate surface area is 174 Å². The van der Waals surface area contributed by atoms with Crippen LogP contribution < -0.4 is 20.3 Å². The zero-order valence-electron chi connectivity index (χ0n) is 16.9. The summed E-state index contributed by atoms with van der Waals surface area (Å²) in [5.74, 6) is -1.57. The fourth-order valence-corrected chi connectivity index (χ4v) is 3.26. The van der Waals surface area contributed by atoms with Crippen molar-refractivity contribution in [1.29, 1.82) is 0 Å². The standard InChI is InChI=1S/C22H24FN3O4/c1-3-30-17-7-5-16(6-8-17)25-20(27)12-24-22(29)15-11-21(28)26(13-15)19-9-4-14(2)10-18(19)23/h4-10,15H,3,11-13H2,1-2H3,(H,24,29)(H,25,27). The lowest BCUT2D eigenvalue weighted by atomic mass is 10.1. The van der Waals surface area contributed by atoms with E-state index in [-0.39, 0.29) is 31.1 Å². The number of ether oxygens (including phenoxy) is 1. The van der Waals surface area contributed by atoms with Crippen LogP contribution in [0.25, 0.3) is 0 Å². The van der Waals surface area contributed by atoms with Gasteiger partial charge in [0, 0.05) is 18.7 Å². The zero-order valence-corrected chi connectivity index (χ0v) is 16.9. The number of hydrogen-bond donors (Lipinski definition) is 2. The fraction of sp³-hybridized carbons (Fsp3) is 0.318. The molecule has 0 radical (unpaired) electrons. The molecule has 0 bridgehead atoms. The number of nitrogens with one attached hydrogen (secondary N) is 2. The van der Waals surface area contributed by atoms with Crippen LogP contribution in [0.2, 0.25) is 0 Å². The molecule has 7 nitrogen and oxygen atoms in total. The number of aryl methyl sites for hydroxylation is 1. The molecule has 3 amide bonds. The van der Waals surface area contributed by atoms with Crippen molar-refractivity contribution in [2.45, 2.75) is 20.3 Å². The molecule has 1 saturated heterocycles. The van der Waals surface area contributed by atoms with E-state index in [0.717, 1.165) is 5.56 Å². The largest absolute Gasteiger partial charge is 0.494 e. The van der Waals surface area contributed by atoms with Gasteiger partial charge in [0.15, 0.2) is 0 Å². The third kappa shape index (κ3) is 5.14. The highest BCUT2D eigenvalue weighted by molar-refractivity contribution is 6.01. The SMILES string of the molecule is CCOc1ccc(NC(=O)CNC(=O)C2CC(=O)N(c3ccc(C)cc3F)C2)cc1. The molecule has 1 aliphatic heterocycles. The Balaban J connectivity index is 1.51. The summed E-state index contributed by atoms with van der Waals surface area (Å²) in [6.45, 7) is 4.04. The van der Waals surface area contributed by atoms with Gasteiger partial charge in [-0.25, -0.2) is 4.39 Å². The van der Waals surface area contributed by atoms with E-state index in [0.29, 0.717) is 18.0 Å². The van der Waals surface area contributed by atoms with Crippen LogP contribution in [0.1, 0.15) is 18.9 Å². The number of amides is 3. The van der Waals surface area contributed by atoms with Gasteiger partial charge in [0.2, 0.25) is 17.7 Å². The number of benzene rings is 2. The summed E-state index contributed by atoms with van der Waals surface area (Å²) in [6.07, 6.45) is -0.0281. The molecule has 0 aromatic heterocycles. The van der Waals surface area contributed by atoms with Crippen molar-refractivity contribution in [2.24, 2.45) is 5.92 Å². The molecular formula is C22H24FN3O4. The number of halogens is 1. The van der Waals surface area contributed by atoms with Crippen LogP contribution in [0.15, 0.2) is 42.5 Å². The lowest BCUT2D eigenvalue weighted by Crippen LogP contribution is -2.38. The van der Waals surface area contributed by atoms with Gasteiger partial charge >= 0.3 is 0 Å². The van der Waals surface area contributed by atoms with Gasteiger partial charge in [-0.1, -0.05) is 6.07 Å². The molecular weight excluding hydrogens is 389 g/mol. The molecule has 2 N–H and O–H groups in total. The van der Waals surface area contributed by atoms with Crippen molar-refractivity contribution in [1.82, 2.24) is 5.32 Å². The van der Waals surface area contributed by atoms with E-state index in [1.165, 1.54) is 17.0 Å². The van der Waals surface area contributed by atoms with Gasteiger partial charge in [0.05, 0.1) is 24.8 Å². The molecule has 0 saturated carbocycles. The molecule has 0 aliphatic carbocycles. The number of anilines is 2. The lowest BCUT2D eigenvalue weighted by Gasteiger charge is -2.17. The van der Waals surface area contributed by atoms with E-state index >= 15 is 0 Å². The molecule has 0 spiro atoms. The van der Waals surface area contributed by atoms with Crippen molar-refractivity contribution in [3.63, 3.8) is 0 Å². The summed E-state index contributed by atoms with van der Waals surface area (Å²) >= 11 is 0. The van der Waals surface area contributed by atoms with Crippen molar-refractivity contribution in [2.75, 3.05) is 29.9 Å². The first-order valence-electron chi connectivity index (χ1n) is 9.74. The van der Waals surface area contributed by atoms with Gasteiger partial charge < -0.3 is 20.3 Å². The van der Waals surface area contributed by atoms with E-state index < -0.39 is 23.5 Å². The smallest absolute Gasteiger partial charge is 0.243 e. The quantitative estimate of drug-likeness (QED) is 0.731. The van der Waals surface area contributed by atoms with Crippen molar-refractivity contribution in [3.05, 3.63) is 53.8 Å². The van der Waals surface area contributed by atoms with Crippen LogP contribution in [0.3, 0.4) is 0 Å². The summed E-state index contributed by atoms with van der Waals surface area (Å²) in [7, 11) is 0. The molecule has 1 fully saturated rings. The number of carbonyl (C=O) groups excluding carboxylic acids is 3. The topological polar surface area (TPSA) is 87.7 Å². The zero-order chi connectivity index (χ0) is 21.7. The summed E-state index contributed by atoms with van der Waals surface area (Å²) in [5, 5.41) is 5.22.